The van der Waals surface area contributed by atoms with Gasteiger partial charge in [0.15, 0.2) is 0 Å². The van der Waals surface area contributed by atoms with Crippen molar-refractivity contribution in [2.45, 2.75) is 32.7 Å². The molecule has 1 fully saturated rings. The van der Waals surface area contributed by atoms with Crippen LogP contribution in [0.2, 0.25) is 0 Å². The van der Waals surface area contributed by atoms with Crippen molar-refractivity contribution in [1.82, 2.24) is 5.32 Å². The van der Waals surface area contributed by atoms with Gasteiger partial charge in [-0.1, -0.05) is 29.3 Å². The molecule has 2 rings (SSSR count). The lowest BCUT2D eigenvalue weighted by molar-refractivity contribution is 0.321. The van der Waals surface area contributed by atoms with Crippen molar-refractivity contribution in [3.8, 4) is 0 Å². The molecule has 2 nitrogen and oxygen atoms in total. The number of halogens is 1. The minimum Gasteiger partial charge on any atom is -0.374 e. The van der Waals surface area contributed by atoms with Crippen LogP contribution in [0.5, 0.6) is 0 Å². The third-order valence-electron chi connectivity index (χ3n) is 3.78. The summed E-state index contributed by atoms with van der Waals surface area (Å²) in [5.41, 5.74) is 2.75. The second-order valence-electron chi connectivity index (χ2n) is 5.23. The summed E-state index contributed by atoms with van der Waals surface area (Å²) in [6.07, 6.45) is 4.23. The number of benzene rings is 1. The average molecular weight is 311 g/mol. The molecule has 0 saturated heterocycles. The Morgan fingerprint density at radius 3 is 2.78 bits per heavy atom. The number of hydrogen-bond donors (Lipinski definition) is 1. The maximum atomic E-state index is 3.57. The summed E-state index contributed by atoms with van der Waals surface area (Å²) in [6, 6.07) is 6.60. The Morgan fingerprint density at radius 1 is 1.39 bits per heavy atom. The van der Waals surface area contributed by atoms with Gasteiger partial charge in [0.2, 0.25) is 0 Å². The molecule has 18 heavy (non-hydrogen) atoms. The van der Waals surface area contributed by atoms with E-state index < -0.39 is 0 Å². The molecule has 1 saturated carbocycles. The van der Waals surface area contributed by atoms with Gasteiger partial charge < -0.3 is 10.2 Å². The second kappa shape index (κ2) is 6.58. The largest absolute Gasteiger partial charge is 0.374 e. The fraction of sp³-hybridized carbons (Fsp3) is 0.600. The third kappa shape index (κ3) is 3.48. The van der Waals surface area contributed by atoms with Crippen LogP contribution >= 0.6 is 15.9 Å². The van der Waals surface area contributed by atoms with Gasteiger partial charge >= 0.3 is 0 Å². The van der Waals surface area contributed by atoms with Crippen LogP contribution in [-0.2, 0) is 6.54 Å². The van der Waals surface area contributed by atoms with Crippen molar-refractivity contribution in [3.63, 3.8) is 0 Å². The highest BCUT2D eigenvalue weighted by molar-refractivity contribution is 9.10. The lowest BCUT2D eigenvalue weighted by Gasteiger charge is -2.32. The summed E-state index contributed by atoms with van der Waals surface area (Å²) in [5.74, 6) is 0.908. The fourth-order valence-electron chi connectivity index (χ4n) is 2.49. The molecule has 0 aromatic heterocycles. The number of anilines is 1. The van der Waals surface area contributed by atoms with Gasteiger partial charge in [-0.15, -0.1) is 0 Å². The first kappa shape index (κ1) is 13.9. The van der Waals surface area contributed by atoms with E-state index in [2.05, 4.69) is 58.3 Å². The molecule has 0 heterocycles. The molecule has 0 atom stereocenters. The highest BCUT2D eigenvalue weighted by Crippen LogP contribution is 2.30. The summed E-state index contributed by atoms with van der Waals surface area (Å²) >= 11 is 3.57. The standard InChI is InChI=1S/C15H23BrN2/c1-3-17-10-13-9-14(16)7-8-15(13)18(2)11-12-5-4-6-12/h7-9,12,17H,3-6,10-11H2,1-2H3. The molecule has 0 spiro atoms. The maximum absolute atomic E-state index is 3.57. The average Bonchev–Trinajstić information content (AvgIpc) is 2.31. The van der Waals surface area contributed by atoms with E-state index in [1.807, 2.05) is 0 Å². The molecule has 100 valence electrons. The SMILES string of the molecule is CCNCc1cc(Br)ccc1N(C)CC1CCC1. The molecule has 1 aliphatic carbocycles. The second-order valence-corrected chi connectivity index (χ2v) is 6.15. The van der Waals surface area contributed by atoms with Gasteiger partial charge in [-0.2, -0.15) is 0 Å². The van der Waals surface area contributed by atoms with Crippen LogP contribution in [0.15, 0.2) is 22.7 Å². The Bertz CT molecular complexity index is 388. The Kier molecular flexibility index (Phi) is 5.07. The third-order valence-corrected chi connectivity index (χ3v) is 4.27. The van der Waals surface area contributed by atoms with Gasteiger partial charge in [0.05, 0.1) is 0 Å². The van der Waals surface area contributed by atoms with Crippen LogP contribution in [0.4, 0.5) is 5.69 Å². The van der Waals surface area contributed by atoms with Crippen molar-refractivity contribution < 1.29 is 0 Å². The summed E-state index contributed by atoms with van der Waals surface area (Å²) in [4.78, 5) is 2.42. The first-order valence-electron chi connectivity index (χ1n) is 6.91. The van der Waals surface area contributed by atoms with E-state index in [0.29, 0.717) is 0 Å². The predicted molar refractivity (Wildman–Crippen MR) is 82.1 cm³/mol. The first-order valence-corrected chi connectivity index (χ1v) is 7.70. The zero-order valence-electron chi connectivity index (χ0n) is 11.4. The zero-order valence-corrected chi connectivity index (χ0v) is 13.0. The normalized spacial score (nSPS) is 15.5. The topological polar surface area (TPSA) is 15.3 Å². The van der Waals surface area contributed by atoms with Crippen LogP contribution in [0.1, 0.15) is 31.7 Å². The van der Waals surface area contributed by atoms with E-state index in [0.717, 1.165) is 23.5 Å². The van der Waals surface area contributed by atoms with Crippen molar-refractivity contribution in [2.24, 2.45) is 5.92 Å². The van der Waals surface area contributed by atoms with Gasteiger partial charge in [0.25, 0.3) is 0 Å². The Hall–Kier alpha value is -0.540. The van der Waals surface area contributed by atoms with Crippen molar-refractivity contribution in [1.29, 1.82) is 0 Å². The van der Waals surface area contributed by atoms with Crippen LogP contribution in [0.3, 0.4) is 0 Å². The lowest BCUT2D eigenvalue weighted by atomic mass is 9.85. The molecule has 0 bridgehead atoms. The molecule has 3 heteroatoms. The monoisotopic (exact) mass is 310 g/mol. The fourth-order valence-corrected chi connectivity index (χ4v) is 2.90. The summed E-state index contributed by atoms with van der Waals surface area (Å²) in [6.45, 7) is 5.30. The summed E-state index contributed by atoms with van der Waals surface area (Å²) in [7, 11) is 2.22. The smallest absolute Gasteiger partial charge is 0.0410 e. The van der Waals surface area contributed by atoms with E-state index >= 15 is 0 Å². The summed E-state index contributed by atoms with van der Waals surface area (Å²) < 4.78 is 1.16. The molecule has 1 aliphatic rings. The molecule has 1 N–H and O–H groups in total. The molecule has 0 amide bonds. The van der Waals surface area contributed by atoms with Crippen molar-refractivity contribution in [3.05, 3.63) is 28.2 Å². The molecular weight excluding hydrogens is 288 g/mol. The Labute approximate surface area is 119 Å². The molecular formula is C15H23BrN2. The minimum atomic E-state index is 0.908. The highest BCUT2D eigenvalue weighted by atomic mass is 79.9. The lowest BCUT2D eigenvalue weighted by Crippen LogP contribution is -2.30. The van der Waals surface area contributed by atoms with Crippen LogP contribution in [0.25, 0.3) is 0 Å². The van der Waals surface area contributed by atoms with Gasteiger partial charge in [0.1, 0.15) is 0 Å². The van der Waals surface area contributed by atoms with E-state index in [1.54, 1.807) is 0 Å². The van der Waals surface area contributed by atoms with E-state index in [9.17, 15) is 0 Å². The quantitative estimate of drug-likeness (QED) is 0.860. The number of nitrogens with zero attached hydrogens (tertiary/aromatic N) is 1. The highest BCUT2D eigenvalue weighted by Gasteiger charge is 2.20. The molecule has 1 aromatic carbocycles. The van der Waals surface area contributed by atoms with Gasteiger partial charge in [0, 0.05) is 30.3 Å². The van der Waals surface area contributed by atoms with Crippen LogP contribution < -0.4 is 10.2 Å². The molecule has 0 aliphatic heterocycles. The van der Waals surface area contributed by atoms with Gasteiger partial charge in [-0.3, -0.25) is 0 Å². The minimum absolute atomic E-state index is 0.908. The number of rotatable bonds is 6. The zero-order chi connectivity index (χ0) is 13.0. The maximum Gasteiger partial charge on any atom is 0.0410 e. The predicted octanol–water partition coefficient (Wildman–Crippen LogP) is 3.79. The van der Waals surface area contributed by atoms with Crippen LogP contribution in [0, 0.1) is 5.92 Å². The molecule has 0 unspecified atom stereocenters. The molecule has 0 radical (unpaired) electrons. The van der Waals surface area contributed by atoms with E-state index in [-0.39, 0.29) is 0 Å². The molecule has 1 aromatic rings. The number of nitrogens with one attached hydrogen (secondary N) is 1. The van der Waals surface area contributed by atoms with E-state index in [4.69, 9.17) is 0 Å². The number of hydrogen-bond acceptors (Lipinski definition) is 2. The van der Waals surface area contributed by atoms with Crippen molar-refractivity contribution in [2.75, 3.05) is 25.0 Å². The Balaban J connectivity index is 2.08. The van der Waals surface area contributed by atoms with E-state index in [1.165, 1.54) is 37.1 Å². The van der Waals surface area contributed by atoms with Crippen molar-refractivity contribution >= 4 is 21.6 Å². The van der Waals surface area contributed by atoms with Gasteiger partial charge in [-0.25, -0.2) is 0 Å². The Morgan fingerprint density at radius 2 is 2.17 bits per heavy atom. The van der Waals surface area contributed by atoms with Gasteiger partial charge in [-0.05, 0) is 49.1 Å². The first-order chi connectivity index (χ1) is 8.70. The van der Waals surface area contributed by atoms with Crippen LogP contribution in [-0.4, -0.2) is 20.1 Å². The summed E-state index contributed by atoms with van der Waals surface area (Å²) in [5, 5.41) is 3.42.